The van der Waals surface area contributed by atoms with Gasteiger partial charge in [-0.15, -0.1) is 19.7 Å². The summed E-state index contributed by atoms with van der Waals surface area (Å²) >= 11 is 0. The number of rotatable bonds is 18. The number of aromatic nitrogens is 3. The maximum absolute atomic E-state index is 13.1. The highest BCUT2D eigenvalue weighted by atomic mass is 16.5. The van der Waals surface area contributed by atoms with Crippen LogP contribution in [0.2, 0.25) is 0 Å². The zero-order valence-electron chi connectivity index (χ0n) is 47.5. The number of hydrogen-bond donors (Lipinski definition) is 3. The highest BCUT2D eigenvalue weighted by Crippen LogP contribution is 2.52. The van der Waals surface area contributed by atoms with Crippen LogP contribution in [0.25, 0.3) is 32.7 Å². The SMILES string of the molecule is C=C[C@H]1C[N@+]2(Cc3cc(C[N@@+]45CC[C@@H](C[C@@H]4[C@@H](O)c4ccnc6ccc(OC)cc46)[C@@H](C=C)C5)cc(C[N@@+]45CC[C@@H](C[C@@H]4[C@@H](O)c4ccnc6ccc(OC)cc46)[C@@H](C=C)C5)c3)CC[C@H]1C[C@@H]2[C@@H](O)c1ccnc2ccc(OC)cc12. The Labute approximate surface area is 477 Å². The molecule has 81 heavy (non-hydrogen) atoms. The highest BCUT2D eigenvalue weighted by molar-refractivity contribution is 5.85. The average Bonchev–Trinajstić information content (AvgIpc) is 3.61. The second-order valence-corrected chi connectivity index (χ2v) is 25.4. The fourth-order valence-electron chi connectivity index (χ4n) is 17.6. The number of aliphatic hydroxyl groups is 3. The van der Waals surface area contributed by atoms with Crippen LogP contribution >= 0.6 is 0 Å². The predicted octanol–water partition coefficient (Wildman–Crippen LogP) is 11.3. The van der Waals surface area contributed by atoms with Gasteiger partial charge < -0.3 is 43.0 Å². The lowest BCUT2D eigenvalue weighted by Crippen LogP contribution is -2.68. The molecule has 420 valence electrons. The zero-order valence-corrected chi connectivity index (χ0v) is 47.5. The maximum atomic E-state index is 13.1. The summed E-state index contributed by atoms with van der Waals surface area (Å²) in [6.07, 6.45) is 15.8. The molecule has 12 heteroatoms. The Bertz CT molecular complexity index is 3180. The number of fused-ring (bicyclic) bond motifs is 12. The Morgan fingerprint density at radius 1 is 0.457 bits per heavy atom. The molecule has 15 atom stereocenters. The van der Waals surface area contributed by atoms with Crippen molar-refractivity contribution in [1.82, 2.24) is 15.0 Å². The van der Waals surface area contributed by atoms with Crippen LogP contribution in [0.4, 0.5) is 0 Å². The van der Waals surface area contributed by atoms with Crippen molar-refractivity contribution in [2.45, 2.75) is 94.6 Å². The summed E-state index contributed by atoms with van der Waals surface area (Å²) < 4.78 is 19.4. The van der Waals surface area contributed by atoms with Crippen molar-refractivity contribution >= 4 is 32.7 Å². The highest BCUT2D eigenvalue weighted by Gasteiger charge is 2.57. The van der Waals surface area contributed by atoms with Crippen LogP contribution < -0.4 is 14.2 Å². The van der Waals surface area contributed by atoms with Crippen LogP contribution in [0.5, 0.6) is 17.2 Å². The van der Waals surface area contributed by atoms with Crippen LogP contribution in [0, 0.1) is 35.5 Å². The van der Waals surface area contributed by atoms with E-state index in [1.54, 1.807) is 21.3 Å². The van der Waals surface area contributed by atoms with E-state index in [4.69, 9.17) is 29.2 Å². The zero-order chi connectivity index (χ0) is 55.8. The number of nitrogens with zero attached hydrogens (tertiary/aromatic N) is 6. The smallest absolute Gasteiger partial charge is 0.131 e. The normalized spacial score (nSPS) is 31.4. The number of pyridine rings is 3. The van der Waals surface area contributed by atoms with Gasteiger partial charge in [0.25, 0.3) is 0 Å². The van der Waals surface area contributed by atoms with E-state index in [1.807, 2.05) is 91.4 Å². The first-order valence-electron chi connectivity index (χ1n) is 29.8. The van der Waals surface area contributed by atoms with E-state index in [-0.39, 0.29) is 18.1 Å². The van der Waals surface area contributed by atoms with Gasteiger partial charge in [0.15, 0.2) is 0 Å². The maximum Gasteiger partial charge on any atom is 0.131 e. The van der Waals surface area contributed by atoms with Crippen LogP contribution in [0.15, 0.2) is 148 Å². The minimum Gasteiger partial charge on any atom is -0.497 e. The Morgan fingerprint density at radius 2 is 0.753 bits per heavy atom. The largest absolute Gasteiger partial charge is 0.497 e. The predicted molar refractivity (Wildman–Crippen MR) is 318 cm³/mol. The number of aliphatic hydroxyl groups excluding tert-OH is 3. The van der Waals surface area contributed by atoms with Crippen LogP contribution in [-0.4, -0.2) is 122 Å². The van der Waals surface area contributed by atoms with Gasteiger partial charge in [0, 0.05) is 108 Å². The topological polar surface area (TPSA) is 127 Å². The van der Waals surface area contributed by atoms with Gasteiger partial charge in [-0.25, -0.2) is 0 Å². The number of hydrogen-bond acceptors (Lipinski definition) is 9. The van der Waals surface area contributed by atoms with Gasteiger partial charge in [0.05, 0.1) is 77.1 Å². The second kappa shape index (κ2) is 21.4. The third-order valence-electron chi connectivity index (χ3n) is 21.6. The molecule has 7 aromatic rings. The first kappa shape index (κ1) is 53.8. The van der Waals surface area contributed by atoms with Gasteiger partial charge in [0.1, 0.15) is 73.3 Å². The number of piperidine rings is 9. The van der Waals surface area contributed by atoms with Crippen molar-refractivity contribution in [3.63, 3.8) is 0 Å². The summed E-state index contributed by atoms with van der Waals surface area (Å²) in [5.41, 5.74) is 9.05. The van der Waals surface area contributed by atoms with Crippen LogP contribution in [0.1, 0.15) is 90.2 Å². The van der Waals surface area contributed by atoms with E-state index in [0.29, 0.717) is 35.5 Å². The van der Waals surface area contributed by atoms with E-state index in [1.165, 1.54) is 16.7 Å². The average molecular weight is 1090 g/mol. The molecule has 0 unspecified atom stereocenters. The van der Waals surface area contributed by atoms with Gasteiger partial charge in [-0.2, -0.15) is 0 Å². The summed E-state index contributed by atoms with van der Waals surface area (Å²) in [4.78, 5) is 14.2. The van der Waals surface area contributed by atoms with Gasteiger partial charge in [-0.05, 0) is 125 Å². The molecule has 12 heterocycles. The number of ether oxygens (including phenoxy) is 3. The summed E-state index contributed by atoms with van der Waals surface area (Å²) in [5.74, 6) is 4.59. The van der Waals surface area contributed by atoms with Crippen molar-refractivity contribution in [3.05, 3.63) is 181 Å². The number of methoxy groups -OCH3 is 3. The molecule has 0 spiro atoms. The van der Waals surface area contributed by atoms with Crippen molar-refractivity contribution in [2.75, 3.05) is 60.6 Å². The standard InChI is InChI=1S/C69H81N6O6/c1-7-46-40-73(25-19-49(46)31-64(73)67(76)55-16-22-70-61-13-10-52(79-4)34-58(55)61)37-43-28-44(38-74-26-20-50(47(8-2)41-74)32-65(74)68(77)56-17-23-71-62-14-11-53(80-5)35-59(56)62)30-45(29-43)39-75-27-21-51(48(9-3)42-75)33-66(75)69(78)57-18-24-72-63-15-12-54(81-6)36-60(57)63/h7-18,22-24,28-30,34-36,46-51,64-69,76-78H,1-3,19-21,25-27,31-33,37-42H2,4-6H3/q+3/t46-,47-,48-,49-,50-,51-,64+,65+,66+,67-,68-,69-,73+,74+,75+/m0/s1. The Balaban J connectivity index is 0.934. The quantitative estimate of drug-likeness (QED) is 0.0569. The molecule has 12 nitrogen and oxygen atoms in total. The molecule has 0 amide bonds. The lowest BCUT2D eigenvalue weighted by molar-refractivity contribution is -0.986. The minimum absolute atomic E-state index is 0.0572. The molecule has 16 rings (SSSR count). The molecular weight excluding hydrogens is 1010 g/mol. The molecule has 6 bridgehead atoms. The molecule has 3 N–H and O–H groups in total. The Kier molecular flexibility index (Phi) is 14.2. The summed E-state index contributed by atoms with van der Waals surface area (Å²) in [6.45, 7) is 21.1. The summed E-state index contributed by atoms with van der Waals surface area (Å²) in [7, 11) is 5.07. The molecular formula is C69H81N6O6+3. The van der Waals surface area contributed by atoms with E-state index >= 15 is 0 Å². The summed E-state index contributed by atoms with van der Waals surface area (Å²) in [6, 6.07) is 31.3. The van der Waals surface area contributed by atoms with Crippen molar-refractivity contribution < 1.29 is 43.0 Å². The van der Waals surface area contributed by atoms with Gasteiger partial charge in [0.2, 0.25) is 0 Å². The van der Waals surface area contributed by atoms with E-state index < -0.39 is 18.3 Å². The number of quaternary nitrogens is 3. The third kappa shape index (κ3) is 9.34. The van der Waals surface area contributed by atoms with Gasteiger partial charge in [-0.3, -0.25) is 15.0 Å². The third-order valence-corrected chi connectivity index (χ3v) is 21.6. The fraction of sp³-hybridized carbons (Fsp3) is 0.435. The second-order valence-electron chi connectivity index (χ2n) is 25.4. The first-order valence-corrected chi connectivity index (χ1v) is 29.8. The van der Waals surface area contributed by atoms with Crippen molar-refractivity contribution in [2.24, 2.45) is 35.5 Å². The molecule has 0 aliphatic carbocycles. The van der Waals surface area contributed by atoms with Gasteiger partial charge >= 0.3 is 0 Å². The molecule has 9 saturated heterocycles. The van der Waals surface area contributed by atoms with E-state index in [0.717, 1.165) is 178 Å². The van der Waals surface area contributed by atoms with Gasteiger partial charge in [-0.1, -0.05) is 18.2 Å². The minimum atomic E-state index is -0.732. The lowest BCUT2D eigenvalue weighted by Gasteiger charge is -2.59. The lowest BCUT2D eigenvalue weighted by atomic mass is 9.70. The monoisotopic (exact) mass is 1090 g/mol. The van der Waals surface area contributed by atoms with Crippen molar-refractivity contribution in [1.29, 1.82) is 0 Å². The Morgan fingerprint density at radius 3 is 1.02 bits per heavy atom. The van der Waals surface area contributed by atoms with Crippen LogP contribution in [0.3, 0.4) is 0 Å². The van der Waals surface area contributed by atoms with E-state index in [9.17, 15) is 15.3 Å². The Hall–Kier alpha value is -6.51. The van der Waals surface area contributed by atoms with E-state index in [2.05, 4.69) is 56.2 Å². The fourth-order valence-corrected chi connectivity index (χ4v) is 17.6. The molecule has 9 aliphatic rings. The first-order chi connectivity index (χ1) is 39.4. The number of benzene rings is 4. The molecule has 9 fully saturated rings. The van der Waals surface area contributed by atoms with Crippen molar-refractivity contribution in [3.8, 4) is 17.2 Å². The summed E-state index contributed by atoms with van der Waals surface area (Å²) in [5, 5.41) is 41.9. The molecule has 0 radical (unpaired) electrons. The molecule has 0 saturated carbocycles. The van der Waals surface area contributed by atoms with Crippen LogP contribution in [-0.2, 0) is 19.6 Å². The molecule has 4 aromatic carbocycles. The molecule has 9 aliphatic heterocycles. The molecule has 3 aromatic heterocycles.